The number of aromatic amines is 1. The van der Waals surface area contributed by atoms with E-state index in [0.29, 0.717) is 33.0 Å². The summed E-state index contributed by atoms with van der Waals surface area (Å²) in [6.45, 7) is 5.49. The van der Waals surface area contributed by atoms with E-state index in [9.17, 15) is 9.59 Å². The molecule has 0 aliphatic rings. The molecule has 0 bridgehead atoms. The quantitative estimate of drug-likeness (QED) is 0.413. The monoisotopic (exact) mass is 395 g/mol. The lowest BCUT2D eigenvalue weighted by Crippen LogP contribution is -2.16. The third-order valence-corrected chi connectivity index (χ3v) is 5.51. The number of fused-ring (bicyclic) bond motifs is 2. The first kappa shape index (κ1) is 18.1. The Morgan fingerprint density at radius 3 is 2.86 bits per heavy atom. The van der Waals surface area contributed by atoms with Gasteiger partial charge in [0, 0.05) is 17.0 Å². The highest BCUT2D eigenvalue weighted by atomic mass is 32.1. The third-order valence-electron chi connectivity index (χ3n) is 4.41. The van der Waals surface area contributed by atoms with Gasteiger partial charge in [0.15, 0.2) is 17.5 Å². The number of oxazole rings is 1. The number of aryl methyl sites for hydroxylation is 2. The highest BCUT2D eigenvalue weighted by Crippen LogP contribution is 2.27. The molecule has 0 aliphatic heterocycles. The average molecular weight is 395 g/mol. The summed E-state index contributed by atoms with van der Waals surface area (Å²) < 4.78 is 10.9. The van der Waals surface area contributed by atoms with Gasteiger partial charge in [-0.05, 0) is 38.5 Å². The van der Waals surface area contributed by atoms with E-state index in [1.165, 1.54) is 23.5 Å². The fraction of sp³-hybridized carbons (Fsp3) is 0.200. The molecule has 0 spiro atoms. The van der Waals surface area contributed by atoms with Crippen LogP contribution in [0.1, 0.15) is 35.2 Å². The smallest absolute Gasteiger partial charge is 0.331 e. The first-order chi connectivity index (χ1) is 13.4. The van der Waals surface area contributed by atoms with E-state index in [1.54, 1.807) is 13.0 Å². The Hall–Kier alpha value is -3.26. The van der Waals surface area contributed by atoms with Crippen molar-refractivity contribution in [2.24, 2.45) is 0 Å². The van der Waals surface area contributed by atoms with Gasteiger partial charge in [-0.15, -0.1) is 11.3 Å². The summed E-state index contributed by atoms with van der Waals surface area (Å²) in [4.78, 5) is 37.6. The first-order valence-corrected chi connectivity index (χ1v) is 9.48. The van der Waals surface area contributed by atoms with Gasteiger partial charge in [0.1, 0.15) is 10.3 Å². The van der Waals surface area contributed by atoms with Crippen LogP contribution in [0.4, 0.5) is 0 Å². The molecule has 4 rings (SSSR count). The predicted octanol–water partition coefficient (Wildman–Crippen LogP) is 4.06. The molecular weight excluding hydrogens is 378 g/mol. The van der Waals surface area contributed by atoms with Crippen molar-refractivity contribution in [3.05, 3.63) is 62.9 Å². The number of nitrogens with zero attached hydrogens (tertiary/aromatic N) is 2. The Kier molecular flexibility index (Phi) is 4.56. The number of H-pyrrole nitrogens is 1. The van der Waals surface area contributed by atoms with Crippen LogP contribution in [0.5, 0.6) is 0 Å². The molecule has 0 saturated carbocycles. The zero-order valence-corrected chi connectivity index (χ0v) is 16.3. The van der Waals surface area contributed by atoms with Crippen LogP contribution < -0.4 is 5.56 Å². The minimum atomic E-state index is -0.708. The number of para-hydroxylation sites is 2. The summed E-state index contributed by atoms with van der Waals surface area (Å²) in [6, 6.07) is 7.32. The van der Waals surface area contributed by atoms with Crippen LogP contribution >= 0.6 is 11.3 Å². The Morgan fingerprint density at radius 1 is 1.29 bits per heavy atom. The number of carbonyl (C=O) groups is 1. The summed E-state index contributed by atoms with van der Waals surface area (Å²) in [6.07, 6.45) is 1.97. The molecular formula is C20H17N3O4S. The second-order valence-corrected chi connectivity index (χ2v) is 7.55. The maximum absolute atomic E-state index is 12.4. The normalized spacial score (nSPS) is 12.8. The molecule has 8 heteroatoms. The number of ether oxygens (including phenoxy) is 1. The molecule has 28 heavy (non-hydrogen) atoms. The van der Waals surface area contributed by atoms with E-state index in [0.717, 1.165) is 10.4 Å². The van der Waals surface area contributed by atoms with Gasteiger partial charge in [0.2, 0.25) is 5.89 Å². The first-order valence-electron chi connectivity index (χ1n) is 8.66. The largest absolute Gasteiger partial charge is 0.451 e. The van der Waals surface area contributed by atoms with Crippen molar-refractivity contribution >= 4 is 44.7 Å². The minimum absolute atomic E-state index is 0.230. The second-order valence-electron chi connectivity index (χ2n) is 6.35. The molecule has 0 amide bonds. The molecule has 0 unspecified atom stereocenters. The van der Waals surface area contributed by atoms with Crippen molar-refractivity contribution in [3.63, 3.8) is 0 Å². The molecule has 0 aliphatic carbocycles. The molecule has 1 aromatic carbocycles. The number of carbonyl (C=O) groups excluding carboxylic acids is 1. The highest BCUT2D eigenvalue weighted by Gasteiger charge is 2.17. The number of rotatable bonds is 4. The van der Waals surface area contributed by atoms with E-state index in [-0.39, 0.29) is 5.56 Å². The maximum Gasteiger partial charge on any atom is 0.331 e. The summed E-state index contributed by atoms with van der Waals surface area (Å²) in [7, 11) is 0. The Bertz CT molecular complexity index is 1250. The van der Waals surface area contributed by atoms with Gasteiger partial charge in [-0.3, -0.25) is 4.79 Å². The number of hydrogen-bond donors (Lipinski definition) is 1. The molecule has 1 N–H and O–H groups in total. The number of benzene rings is 1. The van der Waals surface area contributed by atoms with Gasteiger partial charge in [-0.2, -0.15) is 0 Å². The van der Waals surface area contributed by atoms with Gasteiger partial charge >= 0.3 is 5.97 Å². The molecule has 142 valence electrons. The number of aromatic nitrogens is 3. The van der Waals surface area contributed by atoms with Crippen LogP contribution in [0.15, 0.2) is 39.6 Å². The highest BCUT2D eigenvalue weighted by molar-refractivity contribution is 7.18. The summed E-state index contributed by atoms with van der Waals surface area (Å²) in [5, 5.41) is 0.584. The molecule has 4 aromatic rings. The molecule has 1 atom stereocenters. The number of esters is 1. The molecule has 0 fully saturated rings. The summed E-state index contributed by atoms with van der Waals surface area (Å²) >= 11 is 1.45. The SMILES string of the molecule is Cc1sc2nc([C@@H](C)OC(=O)/C=C/c3nc4ccccc4o3)[nH]c(=O)c2c1C. The van der Waals surface area contributed by atoms with Gasteiger partial charge < -0.3 is 14.1 Å². The minimum Gasteiger partial charge on any atom is -0.451 e. The van der Waals surface area contributed by atoms with Crippen LogP contribution in [0.2, 0.25) is 0 Å². The fourth-order valence-electron chi connectivity index (χ4n) is 2.83. The molecule has 3 heterocycles. The number of thiophene rings is 1. The van der Waals surface area contributed by atoms with Crippen LogP contribution in [-0.4, -0.2) is 20.9 Å². The van der Waals surface area contributed by atoms with E-state index in [2.05, 4.69) is 15.0 Å². The molecule has 3 aromatic heterocycles. The number of hydrogen-bond acceptors (Lipinski definition) is 7. The molecule has 0 saturated heterocycles. The van der Waals surface area contributed by atoms with Crippen LogP contribution in [0.3, 0.4) is 0 Å². The maximum atomic E-state index is 12.4. The molecule has 0 radical (unpaired) electrons. The van der Waals surface area contributed by atoms with Gasteiger partial charge in [0.25, 0.3) is 5.56 Å². The predicted molar refractivity (Wildman–Crippen MR) is 107 cm³/mol. The zero-order chi connectivity index (χ0) is 19.8. The van der Waals surface area contributed by atoms with Crippen molar-refractivity contribution in [2.75, 3.05) is 0 Å². The van der Waals surface area contributed by atoms with Gasteiger partial charge in [-0.1, -0.05) is 12.1 Å². The lowest BCUT2D eigenvalue weighted by atomic mass is 10.2. The Balaban J connectivity index is 1.51. The zero-order valence-electron chi connectivity index (χ0n) is 15.5. The van der Waals surface area contributed by atoms with E-state index < -0.39 is 12.1 Å². The van der Waals surface area contributed by atoms with E-state index in [1.807, 2.05) is 32.0 Å². The van der Waals surface area contributed by atoms with E-state index >= 15 is 0 Å². The summed E-state index contributed by atoms with van der Waals surface area (Å²) in [5.74, 6) is 0.0293. The fourth-order valence-corrected chi connectivity index (χ4v) is 3.87. The van der Waals surface area contributed by atoms with Crippen molar-refractivity contribution in [1.82, 2.24) is 15.0 Å². The lowest BCUT2D eigenvalue weighted by molar-refractivity contribution is -0.142. The topological polar surface area (TPSA) is 98.1 Å². The van der Waals surface area contributed by atoms with Crippen LogP contribution in [0.25, 0.3) is 27.4 Å². The lowest BCUT2D eigenvalue weighted by Gasteiger charge is -2.10. The van der Waals surface area contributed by atoms with E-state index in [4.69, 9.17) is 9.15 Å². The van der Waals surface area contributed by atoms with Gasteiger partial charge in [0.05, 0.1) is 5.39 Å². The Labute approximate surface area is 163 Å². The van der Waals surface area contributed by atoms with Crippen molar-refractivity contribution in [3.8, 4) is 0 Å². The van der Waals surface area contributed by atoms with Crippen LogP contribution in [0, 0.1) is 13.8 Å². The van der Waals surface area contributed by atoms with Gasteiger partial charge in [-0.25, -0.2) is 14.8 Å². The van der Waals surface area contributed by atoms with Crippen LogP contribution in [-0.2, 0) is 9.53 Å². The standard InChI is InChI=1S/C20H17N3O4S/c1-10-12(3)28-20-17(10)19(25)22-18(23-20)11(2)26-16(24)9-8-15-21-13-6-4-5-7-14(13)27-15/h4-9,11H,1-3H3,(H,22,23,25)/b9-8+/t11-/m1/s1. The van der Waals surface area contributed by atoms with Crippen molar-refractivity contribution in [1.29, 1.82) is 0 Å². The summed E-state index contributed by atoms with van der Waals surface area (Å²) in [5.41, 5.74) is 2.04. The average Bonchev–Trinajstić information content (AvgIpc) is 3.20. The third kappa shape index (κ3) is 3.34. The van der Waals surface area contributed by atoms with Crippen molar-refractivity contribution in [2.45, 2.75) is 26.9 Å². The van der Waals surface area contributed by atoms with Crippen molar-refractivity contribution < 1.29 is 13.9 Å². The number of nitrogens with one attached hydrogen (secondary N) is 1. The second kappa shape index (κ2) is 7.05. The molecule has 7 nitrogen and oxygen atoms in total. The Morgan fingerprint density at radius 2 is 2.07 bits per heavy atom.